The first-order chi connectivity index (χ1) is 10.1. The summed E-state index contributed by atoms with van der Waals surface area (Å²) in [6.45, 7) is 3.94. The second-order valence-corrected chi connectivity index (χ2v) is 5.62. The quantitative estimate of drug-likeness (QED) is 0.743. The molecule has 0 radical (unpaired) electrons. The zero-order valence-corrected chi connectivity index (χ0v) is 12.4. The molecule has 1 aliphatic rings. The Kier molecular flexibility index (Phi) is 5.51. The normalized spacial score (nSPS) is 15.0. The highest BCUT2D eigenvalue weighted by Gasteiger charge is 2.28. The number of unbranched alkanes of at least 4 members (excludes halogenated alkanes) is 1. The van der Waals surface area contributed by atoms with Crippen LogP contribution in [-0.4, -0.2) is 28.6 Å². The molecule has 21 heavy (non-hydrogen) atoms. The molecule has 1 aliphatic carbocycles. The molecule has 1 saturated carbocycles. The first kappa shape index (κ1) is 15.7. The molecule has 0 atom stereocenters. The molecule has 3 nitrogen and oxygen atoms in total. The van der Waals surface area contributed by atoms with Gasteiger partial charge in [-0.15, -0.1) is 0 Å². The highest BCUT2D eigenvalue weighted by molar-refractivity contribution is 5.85. The predicted octanol–water partition coefficient (Wildman–Crippen LogP) is 3.69. The summed E-state index contributed by atoms with van der Waals surface area (Å²) in [5.41, 5.74) is 1.50. The van der Waals surface area contributed by atoms with Crippen molar-refractivity contribution in [3.63, 3.8) is 0 Å². The number of carboxylic acids is 1. The molecule has 114 valence electrons. The van der Waals surface area contributed by atoms with Crippen molar-refractivity contribution < 1.29 is 14.3 Å². The van der Waals surface area contributed by atoms with Gasteiger partial charge in [0.2, 0.25) is 0 Å². The van der Waals surface area contributed by atoms with Crippen molar-refractivity contribution in [3.8, 4) is 0 Å². The maximum absolute atomic E-state index is 13.7. The lowest BCUT2D eigenvalue weighted by Gasteiger charge is -2.22. The van der Waals surface area contributed by atoms with Crippen LogP contribution in [0.5, 0.6) is 0 Å². The first-order valence-electron chi connectivity index (χ1n) is 7.53. The molecule has 1 fully saturated rings. The van der Waals surface area contributed by atoms with Crippen molar-refractivity contribution in [2.24, 2.45) is 0 Å². The van der Waals surface area contributed by atoms with Crippen molar-refractivity contribution in [3.05, 3.63) is 41.2 Å². The Labute approximate surface area is 125 Å². The van der Waals surface area contributed by atoms with Gasteiger partial charge in [-0.05, 0) is 55.1 Å². The van der Waals surface area contributed by atoms with Gasteiger partial charge in [-0.3, -0.25) is 4.90 Å². The van der Waals surface area contributed by atoms with Gasteiger partial charge in [-0.25, -0.2) is 9.18 Å². The van der Waals surface area contributed by atoms with Gasteiger partial charge in [0.25, 0.3) is 0 Å². The van der Waals surface area contributed by atoms with E-state index in [2.05, 4.69) is 11.8 Å². The summed E-state index contributed by atoms with van der Waals surface area (Å²) in [7, 11) is 0. The number of benzene rings is 1. The number of halogens is 1. The van der Waals surface area contributed by atoms with Gasteiger partial charge in [-0.2, -0.15) is 0 Å². The standard InChI is InChI=1S/C17H22FNO2/c1-2-3-8-19(16-5-6-16)12-14-9-13(4-7-17(20)21)10-15(18)11-14/h4,7,9-11,16H,2-3,5-6,8,12H2,1H3,(H,20,21). The van der Waals surface area contributed by atoms with Crippen LogP contribution in [-0.2, 0) is 11.3 Å². The van der Waals surface area contributed by atoms with Crippen LogP contribution in [0.15, 0.2) is 24.3 Å². The molecule has 1 N–H and O–H groups in total. The van der Waals surface area contributed by atoms with Crippen molar-refractivity contribution in [1.29, 1.82) is 0 Å². The minimum Gasteiger partial charge on any atom is -0.478 e. The van der Waals surface area contributed by atoms with E-state index in [-0.39, 0.29) is 5.82 Å². The van der Waals surface area contributed by atoms with Gasteiger partial charge in [0.1, 0.15) is 5.82 Å². The molecule has 1 aromatic carbocycles. The maximum Gasteiger partial charge on any atom is 0.328 e. The number of hydrogen-bond donors (Lipinski definition) is 1. The number of rotatable bonds is 8. The topological polar surface area (TPSA) is 40.5 Å². The smallest absolute Gasteiger partial charge is 0.328 e. The summed E-state index contributed by atoms with van der Waals surface area (Å²) in [5, 5.41) is 8.65. The summed E-state index contributed by atoms with van der Waals surface area (Å²) in [5.74, 6) is -1.34. The molecule has 0 aromatic heterocycles. The average Bonchev–Trinajstić information content (AvgIpc) is 3.25. The van der Waals surface area contributed by atoms with Gasteiger partial charge in [0.15, 0.2) is 0 Å². The van der Waals surface area contributed by atoms with Gasteiger partial charge in [-0.1, -0.05) is 19.4 Å². The number of hydrogen-bond acceptors (Lipinski definition) is 2. The van der Waals surface area contributed by atoms with Crippen LogP contribution < -0.4 is 0 Å². The summed E-state index contributed by atoms with van der Waals surface area (Å²) in [4.78, 5) is 13.0. The van der Waals surface area contributed by atoms with Crippen molar-refractivity contribution in [2.75, 3.05) is 6.54 Å². The van der Waals surface area contributed by atoms with Crippen molar-refractivity contribution in [1.82, 2.24) is 4.90 Å². The highest BCUT2D eigenvalue weighted by atomic mass is 19.1. The minimum absolute atomic E-state index is 0.316. The van der Waals surface area contributed by atoms with Crippen LogP contribution in [0.1, 0.15) is 43.7 Å². The number of nitrogens with zero attached hydrogens (tertiary/aromatic N) is 1. The maximum atomic E-state index is 13.7. The van der Waals surface area contributed by atoms with Gasteiger partial charge in [0.05, 0.1) is 0 Å². The molecule has 0 heterocycles. The third kappa shape index (κ3) is 5.31. The van der Waals surface area contributed by atoms with E-state index in [1.54, 1.807) is 6.07 Å². The summed E-state index contributed by atoms with van der Waals surface area (Å²) in [6, 6.07) is 5.40. The lowest BCUT2D eigenvalue weighted by atomic mass is 10.1. The van der Waals surface area contributed by atoms with E-state index in [1.807, 2.05) is 6.07 Å². The molecule has 0 amide bonds. The molecule has 0 saturated heterocycles. The molecule has 0 aliphatic heterocycles. The largest absolute Gasteiger partial charge is 0.478 e. The zero-order chi connectivity index (χ0) is 15.2. The molecular weight excluding hydrogens is 269 g/mol. The predicted molar refractivity (Wildman–Crippen MR) is 81.4 cm³/mol. The van der Waals surface area contributed by atoms with Crippen LogP contribution in [0.4, 0.5) is 4.39 Å². The van der Waals surface area contributed by atoms with Gasteiger partial charge >= 0.3 is 5.97 Å². The molecule has 0 unspecified atom stereocenters. The fourth-order valence-electron chi connectivity index (χ4n) is 2.46. The Morgan fingerprint density at radius 1 is 1.43 bits per heavy atom. The molecule has 0 bridgehead atoms. The third-order valence-corrected chi connectivity index (χ3v) is 3.65. The zero-order valence-electron chi connectivity index (χ0n) is 12.4. The van der Waals surface area contributed by atoms with Crippen molar-refractivity contribution in [2.45, 2.75) is 45.2 Å². The van der Waals surface area contributed by atoms with E-state index < -0.39 is 5.97 Å². The van der Waals surface area contributed by atoms with E-state index >= 15 is 0 Å². The van der Waals surface area contributed by atoms with E-state index in [4.69, 9.17) is 5.11 Å². The van der Waals surface area contributed by atoms with Crippen LogP contribution in [0, 0.1) is 5.82 Å². The van der Waals surface area contributed by atoms with E-state index in [0.29, 0.717) is 11.6 Å². The molecular formula is C17H22FNO2. The van der Waals surface area contributed by atoms with Crippen molar-refractivity contribution >= 4 is 12.0 Å². The average molecular weight is 291 g/mol. The van der Waals surface area contributed by atoms with Crippen LogP contribution in [0.3, 0.4) is 0 Å². The molecule has 0 spiro atoms. The second-order valence-electron chi connectivity index (χ2n) is 5.62. The first-order valence-corrected chi connectivity index (χ1v) is 7.53. The Morgan fingerprint density at radius 3 is 2.81 bits per heavy atom. The van der Waals surface area contributed by atoms with Crippen LogP contribution in [0.2, 0.25) is 0 Å². The van der Waals surface area contributed by atoms with E-state index in [0.717, 1.165) is 37.6 Å². The number of carbonyl (C=O) groups is 1. The fraction of sp³-hybridized carbons (Fsp3) is 0.471. The van der Waals surface area contributed by atoms with Crippen LogP contribution >= 0.6 is 0 Å². The number of aliphatic carboxylic acids is 1. The minimum atomic E-state index is -1.02. The summed E-state index contributed by atoms with van der Waals surface area (Å²) in [6.07, 6.45) is 7.23. The Morgan fingerprint density at radius 2 is 2.19 bits per heavy atom. The van der Waals surface area contributed by atoms with Crippen LogP contribution in [0.25, 0.3) is 6.08 Å². The molecule has 2 rings (SSSR count). The summed E-state index contributed by atoms with van der Waals surface area (Å²) < 4.78 is 13.7. The molecule has 4 heteroatoms. The lowest BCUT2D eigenvalue weighted by molar-refractivity contribution is -0.131. The fourth-order valence-corrected chi connectivity index (χ4v) is 2.46. The Hall–Kier alpha value is -1.68. The van der Waals surface area contributed by atoms with E-state index in [1.165, 1.54) is 25.0 Å². The monoisotopic (exact) mass is 291 g/mol. The Balaban J connectivity index is 2.08. The third-order valence-electron chi connectivity index (χ3n) is 3.65. The highest BCUT2D eigenvalue weighted by Crippen LogP contribution is 2.29. The van der Waals surface area contributed by atoms with E-state index in [9.17, 15) is 9.18 Å². The van der Waals surface area contributed by atoms with Gasteiger partial charge in [0, 0.05) is 18.7 Å². The second kappa shape index (κ2) is 7.36. The molecule has 1 aromatic rings. The lowest BCUT2D eigenvalue weighted by Crippen LogP contribution is -2.26. The van der Waals surface area contributed by atoms with Gasteiger partial charge < -0.3 is 5.11 Å². The Bertz CT molecular complexity index is 524. The SMILES string of the molecule is CCCCN(Cc1cc(F)cc(C=CC(=O)O)c1)C1CC1. The number of carboxylic acid groups (broad SMARTS) is 1. The summed E-state index contributed by atoms with van der Waals surface area (Å²) >= 11 is 0.